The highest BCUT2D eigenvalue weighted by molar-refractivity contribution is 7.80. The van der Waals surface area contributed by atoms with E-state index in [0.717, 1.165) is 0 Å². The van der Waals surface area contributed by atoms with Gasteiger partial charge in [-0.25, -0.2) is 0 Å². The van der Waals surface area contributed by atoms with Crippen molar-refractivity contribution < 1.29 is 9.59 Å². The lowest BCUT2D eigenvalue weighted by atomic mass is 10.0. The number of carbonyl (C=O) groups is 2. The second-order valence-electron chi connectivity index (χ2n) is 3.93. The molecule has 2 atom stereocenters. The number of hydrogen-bond acceptors (Lipinski definition) is 3. The molecule has 1 aliphatic heterocycles. The van der Waals surface area contributed by atoms with Crippen molar-refractivity contribution in [1.29, 1.82) is 0 Å². The van der Waals surface area contributed by atoms with Gasteiger partial charge in [0.05, 0.1) is 0 Å². The molecule has 1 aliphatic rings. The maximum atomic E-state index is 11.5. The summed E-state index contributed by atoms with van der Waals surface area (Å²) in [6.45, 7) is 4.04. The second kappa shape index (κ2) is 4.68. The first-order valence-corrected chi connectivity index (χ1v) is 5.39. The van der Waals surface area contributed by atoms with E-state index < -0.39 is 6.04 Å². The number of hydrogen-bond donors (Lipinski definition) is 3. The van der Waals surface area contributed by atoms with E-state index in [-0.39, 0.29) is 17.9 Å². The molecule has 0 saturated carbocycles. The summed E-state index contributed by atoms with van der Waals surface area (Å²) >= 11 is 3.99. The molecule has 1 rings (SSSR count). The molecule has 2 amide bonds. The Morgan fingerprint density at radius 1 is 1.21 bits per heavy atom. The highest BCUT2D eigenvalue weighted by Crippen LogP contribution is 2.08. The Kier molecular flexibility index (Phi) is 3.80. The van der Waals surface area contributed by atoms with Crippen LogP contribution in [-0.4, -0.2) is 29.7 Å². The fraction of sp³-hybridized carbons (Fsp3) is 0.778. The van der Waals surface area contributed by atoms with Crippen LogP contribution in [-0.2, 0) is 9.59 Å². The third-order valence-corrected chi connectivity index (χ3v) is 2.52. The summed E-state index contributed by atoms with van der Waals surface area (Å²) in [7, 11) is 0. The molecule has 0 spiro atoms. The van der Waals surface area contributed by atoms with Gasteiger partial charge < -0.3 is 10.6 Å². The minimum atomic E-state index is -0.478. The number of rotatable bonds is 3. The third kappa shape index (κ3) is 2.64. The van der Waals surface area contributed by atoms with Gasteiger partial charge in [-0.2, -0.15) is 12.6 Å². The molecular weight excluding hydrogens is 200 g/mol. The summed E-state index contributed by atoms with van der Waals surface area (Å²) in [6.07, 6.45) is 0.677. The summed E-state index contributed by atoms with van der Waals surface area (Å²) in [5, 5.41) is 5.34. The van der Waals surface area contributed by atoms with Crippen LogP contribution in [0, 0.1) is 5.92 Å². The van der Waals surface area contributed by atoms with Crippen LogP contribution < -0.4 is 10.6 Å². The number of amides is 2. The molecule has 5 heteroatoms. The lowest BCUT2D eigenvalue weighted by molar-refractivity contribution is -0.136. The molecule has 0 aromatic heterocycles. The molecular formula is C9H16N2O2S. The molecule has 80 valence electrons. The minimum Gasteiger partial charge on any atom is -0.342 e. The Balaban J connectivity index is 2.57. The smallest absolute Gasteiger partial charge is 0.244 e. The zero-order valence-electron chi connectivity index (χ0n) is 8.41. The fourth-order valence-corrected chi connectivity index (χ4v) is 1.70. The number of thiol groups is 1. The van der Waals surface area contributed by atoms with Gasteiger partial charge in [0, 0.05) is 5.75 Å². The van der Waals surface area contributed by atoms with E-state index in [1.807, 2.05) is 13.8 Å². The molecule has 4 nitrogen and oxygen atoms in total. The molecule has 0 aromatic carbocycles. The first-order chi connectivity index (χ1) is 6.54. The number of piperazine rings is 1. The van der Waals surface area contributed by atoms with Gasteiger partial charge in [-0.05, 0) is 12.3 Å². The normalized spacial score (nSPS) is 27.4. The average molecular weight is 216 g/mol. The van der Waals surface area contributed by atoms with Crippen molar-refractivity contribution in [3.8, 4) is 0 Å². The van der Waals surface area contributed by atoms with Crippen LogP contribution in [0.1, 0.15) is 20.3 Å². The zero-order chi connectivity index (χ0) is 10.7. The quantitative estimate of drug-likeness (QED) is 0.579. The predicted molar refractivity (Wildman–Crippen MR) is 57.2 cm³/mol. The molecule has 1 heterocycles. The standard InChI is InChI=1S/C9H16N2O2S/c1-5(2)3-6-8(12)11-7(4-14)9(13)10-6/h5-7,14H,3-4H2,1-2H3,(H,10,13)(H,11,12)/t6-,7-/m0/s1. The Hall–Kier alpha value is -0.710. The first-order valence-electron chi connectivity index (χ1n) is 4.76. The highest BCUT2D eigenvalue weighted by Gasteiger charge is 2.32. The van der Waals surface area contributed by atoms with Gasteiger partial charge in [0.1, 0.15) is 12.1 Å². The molecule has 0 radical (unpaired) electrons. The monoisotopic (exact) mass is 216 g/mol. The maximum Gasteiger partial charge on any atom is 0.244 e. The van der Waals surface area contributed by atoms with Gasteiger partial charge in [-0.15, -0.1) is 0 Å². The van der Waals surface area contributed by atoms with Gasteiger partial charge in [-0.3, -0.25) is 9.59 Å². The molecule has 0 aliphatic carbocycles. The van der Waals surface area contributed by atoms with Crippen molar-refractivity contribution in [2.75, 3.05) is 5.75 Å². The Labute approximate surface area is 89.2 Å². The van der Waals surface area contributed by atoms with E-state index in [2.05, 4.69) is 23.3 Å². The summed E-state index contributed by atoms with van der Waals surface area (Å²) in [5.74, 6) is 0.493. The van der Waals surface area contributed by atoms with Crippen molar-refractivity contribution in [1.82, 2.24) is 10.6 Å². The van der Waals surface area contributed by atoms with E-state index in [0.29, 0.717) is 18.1 Å². The van der Waals surface area contributed by atoms with Crippen molar-refractivity contribution >= 4 is 24.4 Å². The van der Waals surface area contributed by atoms with Crippen LogP contribution in [0.2, 0.25) is 0 Å². The Bertz CT molecular complexity index is 243. The number of nitrogens with one attached hydrogen (secondary N) is 2. The fourth-order valence-electron chi connectivity index (χ4n) is 1.44. The Morgan fingerprint density at radius 2 is 1.71 bits per heavy atom. The van der Waals surface area contributed by atoms with Crippen LogP contribution in [0.3, 0.4) is 0 Å². The van der Waals surface area contributed by atoms with Crippen molar-refractivity contribution in [2.45, 2.75) is 32.4 Å². The van der Waals surface area contributed by atoms with Gasteiger partial charge in [-0.1, -0.05) is 13.8 Å². The molecule has 0 aromatic rings. The van der Waals surface area contributed by atoms with Gasteiger partial charge in [0.2, 0.25) is 11.8 Å². The highest BCUT2D eigenvalue weighted by atomic mass is 32.1. The average Bonchev–Trinajstić information content (AvgIpc) is 2.10. The second-order valence-corrected chi connectivity index (χ2v) is 4.30. The maximum absolute atomic E-state index is 11.5. The summed E-state index contributed by atoms with van der Waals surface area (Å²) in [4.78, 5) is 22.9. The molecule has 0 bridgehead atoms. The van der Waals surface area contributed by atoms with Gasteiger partial charge in [0.15, 0.2) is 0 Å². The molecule has 0 unspecified atom stereocenters. The molecule has 2 N–H and O–H groups in total. The first kappa shape index (κ1) is 11.4. The predicted octanol–water partition coefficient (Wildman–Crippen LogP) is -0.0545. The lowest BCUT2D eigenvalue weighted by Gasteiger charge is -2.29. The van der Waals surface area contributed by atoms with Crippen LogP contribution in [0.25, 0.3) is 0 Å². The third-order valence-electron chi connectivity index (χ3n) is 2.16. The van der Waals surface area contributed by atoms with E-state index in [1.54, 1.807) is 0 Å². The van der Waals surface area contributed by atoms with Crippen molar-refractivity contribution in [3.05, 3.63) is 0 Å². The van der Waals surface area contributed by atoms with Gasteiger partial charge in [0.25, 0.3) is 0 Å². The zero-order valence-corrected chi connectivity index (χ0v) is 9.30. The van der Waals surface area contributed by atoms with Crippen molar-refractivity contribution in [3.63, 3.8) is 0 Å². The van der Waals surface area contributed by atoms with Gasteiger partial charge >= 0.3 is 0 Å². The van der Waals surface area contributed by atoms with E-state index in [4.69, 9.17) is 0 Å². The Morgan fingerprint density at radius 3 is 2.21 bits per heavy atom. The van der Waals surface area contributed by atoms with Crippen molar-refractivity contribution in [2.24, 2.45) is 5.92 Å². The van der Waals surface area contributed by atoms with Crippen LogP contribution >= 0.6 is 12.6 Å². The SMILES string of the molecule is CC(C)C[C@@H]1NC(=O)[C@H](CS)NC1=O. The topological polar surface area (TPSA) is 58.2 Å². The van der Waals surface area contributed by atoms with E-state index in [9.17, 15) is 9.59 Å². The summed E-state index contributed by atoms with van der Waals surface area (Å²) < 4.78 is 0. The van der Waals surface area contributed by atoms with Crippen LogP contribution in [0.5, 0.6) is 0 Å². The molecule has 14 heavy (non-hydrogen) atoms. The summed E-state index contributed by atoms with van der Waals surface area (Å²) in [6, 6.07) is -0.854. The number of carbonyl (C=O) groups excluding carboxylic acids is 2. The van der Waals surface area contributed by atoms with Crippen LogP contribution in [0.15, 0.2) is 0 Å². The van der Waals surface area contributed by atoms with E-state index in [1.165, 1.54) is 0 Å². The largest absolute Gasteiger partial charge is 0.342 e. The summed E-state index contributed by atoms with van der Waals surface area (Å²) in [5.41, 5.74) is 0. The molecule has 1 fully saturated rings. The minimum absolute atomic E-state index is 0.0997. The van der Waals surface area contributed by atoms with Crippen LogP contribution in [0.4, 0.5) is 0 Å². The molecule has 1 saturated heterocycles. The van der Waals surface area contributed by atoms with E-state index >= 15 is 0 Å². The lowest BCUT2D eigenvalue weighted by Crippen LogP contribution is -2.62.